The summed E-state index contributed by atoms with van der Waals surface area (Å²) in [6.07, 6.45) is 2.78. The fourth-order valence-corrected chi connectivity index (χ4v) is 1.10. The number of hydrogen-bond acceptors (Lipinski definition) is 3. The Labute approximate surface area is 101 Å². The summed E-state index contributed by atoms with van der Waals surface area (Å²) >= 11 is 0. The molecule has 0 saturated carbocycles. The molecule has 0 fully saturated rings. The highest BCUT2D eigenvalue weighted by molar-refractivity contribution is 5.82. The van der Waals surface area contributed by atoms with E-state index >= 15 is 0 Å². The zero-order chi connectivity index (χ0) is 12.5. The fourth-order valence-electron chi connectivity index (χ4n) is 1.10. The van der Waals surface area contributed by atoms with E-state index in [0.29, 0.717) is 6.61 Å². The lowest BCUT2D eigenvalue weighted by Gasteiger charge is -1.97. The quantitative estimate of drug-likeness (QED) is 0.453. The van der Waals surface area contributed by atoms with Gasteiger partial charge in [-0.15, -0.1) is 0 Å². The van der Waals surface area contributed by atoms with Gasteiger partial charge in [-0.25, -0.2) is 4.79 Å². The lowest BCUT2D eigenvalue weighted by molar-refractivity contribution is -0.137. The summed E-state index contributed by atoms with van der Waals surface area (Å²) in [4.78, 5) is 10.9. The van der Waals surface area contributed by atoms with Crippen LogP contribution in [-0.4, -0.2) is 19.7 Å². The van der Waals surface area contributed by atoms with Crippen LogP contribution in [-0.2, 0) is 9.53 Å². The number of methoxy groups -OCH3 is 1. The van der Waals surface area contributed by atoms with E-state index in [9.17, 15) is 4.79 Å². The summed E-state index contributed by atoms with van der Waals surface area (Å²) in [7, 11) is 1.61. The third kappa shape index (κ3) is 4.89. The van der Waals surface area contributed by atoms with Crippen LogP contribution >= 0.6 is 0 Å². The molecule has 0 aliphatic rings. The average molecular weight is 230 g/mol. The number of ether oxygens (including phenoxy) is 2. The Hall–Kier alpha value is -2.21. The van der Waals surface area contributed by atoms with E-state index in [-0.39, 0.29) is 5.97 Å². The molecule has 17 heavy (non-hydrogen) atoms. The number of esters is 1. The van der Waals surface area contributed by atoms with E-state index in [0.717, 1.165) is 11.3 Å². The molecule has 0 N–H and O–H groups in total. The van der Waals surface area contributed by atoms with Crippen molar-refractivity contribution in [3.05, 3.63) is 42.0 Å². The summed E-state index contributed by atoms with van der Waals surface area (Å²) in [6.45, 7) is 2.13. The molecule has 0 heterocycles. The molecule has 3 heteroatoms. The molecular formula is C14H14O3. The van der Waals surface area contributed by atoms with Crippen LogP contribution in [0, 0.1) is 11.8 Å². The summed E-state index contributed by atoms with van der Waals surface area (Å²) < 4.78 is 9.74. The van der Waals surface area contributed by atoms with Crippen LogP contribution in [0.1, 0.15) is 12.5 Å². The van der Waals surface area contributed by atoms with Gasteiger partial charge >= 0.3 is 5.97 Å². The van der Waals surface area contributed by atoms with Crippen LogP contribution in [0.4, 0.5) is 0 Å². The van der Waals surface area contributed by atoms with Crippen molar-refractivity contribution in [3.8, 4) is 17.6 Å². The second kappa shape index (κ2) is 7.13. The second-order valence-electron chi connectivity index (χ2n) is 3.08. The van der Waals surface area contributed by atoms with Gasteiger partial charge in [-0.3, -0.25) is 0 Å². The zero-order valence-electron chi connectivity index (χ0n) is 9.90. The highest BCUT2D eigenvalue weighted by Crippen LogP contribution is 2.09. The van der Waals surface area contributed by atoms with Gasteiger partial charge in [-0.05, 0) is 37.3 Å². The van der Waals surface area contributed by atoms with Crippen molar-refractivity contribution >= 4 is 5.97 Å². The Morgan fingerprint density at radius 1 is 1.35 bits per heavy atom. The van der Waals surface area contributed by atoms with Crippen molar-refractivity contribution in [3.63, 3.8) is 0 Å². The molecule has 0 aliphatic heterocycles. The molecule has 0 bridgehead atoms. The van der Waals surface area contributed by atoms with Crippen LogP contribution in [0.2, 0.25) is 0 Å². The molecule has 1 aromatic rings. The Morgan fingerprint density at radius 2 is 2.06 bits per heavy atom. The van der Waals surface area contributed by atoms with Crippen molar-refractivity contribution in [2.45, 2.75) is 6.92 Å². The van der Waals surface area contributed by atoms with Gasteiger partial charge in [0.05, 0.1) is 13.7 Å². The topological polar surface area (TPSA) is 35.5 Å². The highest BCUT2D eigenvalue weighted by Gasteiger charge is 1.91. The van der Waals surface area contributed by atoms with E-state index in [2.05, 4.69) is 11.8 Å². The molecule has 0 spiro atoms. The number of benzene rings is 1. The third-order valence-electron chi connectivity index (χ3n) is 1.90. The summed E-state index contributed by atoms with van der Waals surface area (Å²) in [6, 6.07) is 7.37. The van der Waals surface area contributed by atoms with Gasteiger partial charge in [0, 0.05) is 11.6 Å². The van der Waals surface area contributed by atoms with Gasteiger partial charge in [0.15, 0.2) is 0 Å². The van der Waals surface area contributed by atoms with Crippen LogP contribution in [0.5, 0.6) is 5.75 Å². The molecule has 0 aliphatic carbocycles. The standard InChI is InChI=1S/C14H14O3/c1-3-17-14(15)7-5-4-6-12-8-10-13(16-2)11-9-12/h5,7-11H,3H2,1-2H3/b7-5-. The fraction of sp³-hybridized carbons (Fsp3) is 0.214. The lowest BCUT2D eigenvalue weighted by atomic mass is 10.2. The maximum Gasteiger partial charge on any atom is 0.331 e. The van der Waals surface area contributed by atoms with Gasteiger partial charge in [0.25, 0.3) is 0 Å². The van der Waals surface area contributed by atoms with E-state index in [4.69, 9.17) is 9.47 Å². The first-order chi connectivity index (χ1) is 8.26. The van der Waals surface area contributed by atoms with E-state index in [1.807, 2.05) is 24.3 Å². The first kappa shape index (κ1) is 12.9. The molecule has 88 valence electrons. The lowest BCUT2D eigenvalue weighted by Crippen LogP contribution is -1.98. The Morgan fingerprint density at radius 3 is 2.65 bits per heavy atom. The minimum atomic E-state index is -0.378. The van der Waals surface area contributed by atoms with Crippen LogP contribution in [0.3, 0.4) is 0 Å². The first-order valence-electron chi connectivity index (χ1n) is 5.25. The van der Waals surface area contributed by atoms with Gasteiger partial charge in [0.1, 0.15) is 5.75 Å². The Balaban J connectivity index is 2.56. The molecule has 0 radical (unpaired) electrons. The first-order valence-corrected chi connectivity index (χ1v) is 5.25. The minimum absolute atomic E-state index is 0.370. The van der Waals surface area contributed by atoms with Crippen molar-refractivity contribution in [2.75, 3.05) is 13.7 Å². The minimum Gasteiger partial charge on any atom is -0.497 e. The van der Waals surface area contributed by atoms with Crippen molar-refractivity contribution < 1.29 is 14.3 Å². The molecule has 0 saturated heterocycles. The zero-order valence-corrected chi connectivity index (χ0v) is 9.90. The van der Waals surface area contributed by atoms with Gasteiger partial charge in [-0.2, -0.15) is 0 Å². The van der Waals surface area contributed by atoms with Crippen molar-refractivity contribution in [1.82, 2.24) is 0 Å². The number of carbonyl (C=O) groups is 1. The van der Waals surface area contributed by atoms with Gasteiger partial charge in [0.2, 0.25) is 0 Å². The second-order valence-corrected chi connectivity index (χ2v) is 3.08. The normalized spacial score (nSPS) is 9.53. The molecule has 3 nitrogen and oxygen atoms in total. The number of allylic oxidation sites excluding steroid dienone is 1. The molecular weight excluding hydrogens is 216 g/mol. The predicted molar refractivity (Wildman–Crippen MR) is 65.6 cm³/mol. The molecule has 0 aromatic heterocycles. The summed E-state index contributed by atoms with van der Waals surface area (Å²) in [5.41, 5.74) is 0.860. The van der Waals surface area contributed by atoms with E-state index < -0.39 is 0 Å². The highest BCUT2D eigenvalue weighted by atomic mass is 16.5. The number of hydrogen-bond donors (Lipinski definition) is 0. The van der Waals surface area contributed by atoms with Crippen molar-refractivity contribution in [1.29, 1.82) is 0 Å². The largest absolute Gasteiger partial charge is 0.497 e. The van der Waals surface area contributed by atoms with E-state index in [1.54, 1.807) is 14.0 Å². The van der Waals surface area contributed by atoms with Gasteiger partial charge in [-0.1, -0.05) is 11.8 Å². The SMILES string of the molecule is CCOC(=O)/C=C\C#Cc1ccc(OC)cc1. The summed E-state index contributed by atoms with van der Waals surface area (Å²) in [5.74, 6) is 6.06. The monoisotopic (exact) mass is 230 g/mol. The molecule has 1 rings (SSSR count). The molecule has 1 aromatic carbocycles. The van der Waals surface area contributed by atoms with Crippen LogP contribution in [0.25, 0.3) is 0 Å². The number of rotatable bonds is 3. The number of carbonyl (C=O) groups excluding carboxylic acids is 1. The van der Waals surface area contributed by atoms with Crippen molar-refractivity contribution in [2.24, 2.45) is 0 Å². The molecule has 0 atom stereocenters. The maximum atomic E-state index is 10.9. The van der Waals surface area contributed by atoms with Crippen LogP contribution < -0.4 is 4.74 Å². The van der Waals surface area contributed by atoms with E-state index in [1.165, 1.54) is 12.2 Å². The molecule has 0 amide bonds. The smallest absolute Gasteiger partial charge is 0.331 e. The Bertz CT molecular complexity index is 447. The maximum absolute atomic E-state index is 10.9. The Kier molecular flexibility index (Phi) is 5.39. The predicted octanol–water partition coefficient (Wildman–Crippen LogP) is 2.17. The third-order valence-corrected chi connectivity index (χ3v) is 1.90. The van der Waals surface area contributed by atoms with Gasteiger partial charge < -0.3 is 9.47 Å². The molecule has 0 unspecified atom stereocenters. The average Bonchev–Trinajstić information content (AvgIpc) is 2.36. The summed E-state index contributed by atoms with van der Waals surface area (Å²) in [5, 5.41) is 0. The van der Waals surface area contributed by atoms with Crippen LogP contribution in [0.15, 0.2) is 36.4 Å².